The van der Waals surface area contributed by atoms with Crippen LogP contribution in [0.2, 0.25) is 0 Å². The van der Waals surface area contributed by atoms with Crippen LogP contribution in [-0.2, 0) is 23.9 Å². The predicted octanol–water partition coefficient (Wildman–Crippen LogP) is 3.05. The molecule has 2 heterocycles. The van der Waals surface area contributed by atoms with Gasteiger partial charge >= 0.3 is 6.18 Å². The van der Waals surface area contributed by atoms with Crippen molar-refractivity contribution in [2.75, 3.05) is 6.54 Å². The van der Waals surface area contributed by atoms with E-state index in [1.807, 2.05) is 24.3 Å². The lowest BCUT2D eigenvalue weighted by Gasteiger charge is -2.31. The third-order valence-corrected chi connectivity index (χ3v) is 4.10. The van der Waals surface area contributed by atoms with Crippen molar-refractivity contribution in [2.45, 2.75) is 32.1 Å². The lowest BCUT2D eigenvalue weighted by Crippen LogP contribution is -2.40. The summed E-state index contributed by atoms with van der Waals surface area (Å²) in [5.74, 6) is -0.226. The first kappa shape index (κ1) is 15.6. The zero-order valence-electron chi connectivity index (χ0n) is 12.5. The molecule has 1 aromatic carbocycles. The van der Waals surface area contributed by atoms with Crippen LogP contribution in [0, 0.1) is 0 Å². The number of benzene rings is 1. The second-order valence-electron chi connectivity index (χ2n) is 5.63. The molecule has 23 heavy (non-hydrogen) atoms. The van der Waals surface area contributed by atoms with Gasteiger partial charge in [0.1, 0.15) is 6.04 Å². The highest BCUT2D eigenvalue weighted by Gasteiger charge is 2.35. The number of rotatable bonds is 2. The minimum Gasteiger partial charge on any atom is -0.336 e. The summed E-state index contributed by atoms with van der Waals surface area (Å²) in [4.78, 5) is 14.2. The quantitative estimate of drug-likeness (QED) is 0.852. The van der Waals surface area contributed by atoms with Crippen LogP contribution in [0.3, 0.4) is 0 Å². The number of nitrogens with zero attached hydrogens (tertiary/aromatic N) is 3. The monoisotopic (exact) mass is 323 g/mol. The second-order valence-corrected chi connectivity index (χ2v) is 5.63. The molecule has 1 amide bonds. The smallest absolute Gasteiger partial charge is 0.336 e. The molecule has 1 aliphatic heterocycles. The molecular formula is C16H16F3N3O. The maximum absolute atomic E-state index is 12.6. The minimum absolute atomic E-state index is 0.226. The molecule has 3 rings (SSSR count). The van der Waals surface area contributed by atoms with Crippen molar-refractivity contribution >= 4 is 5.91 Å². The summed E-state index contributed by atoms with van der Waals surface area (Å²) >= 11 is 0. The van der Waals surface area contributed by atoms with Gasteiger partial charge < -0.3 is 4.90 Å². The van der Waals surface area contributed by atoms with Gasteiger partial charge in [-0.25, -0.2) is 0 Å². The topological polar surface area (TPSA) is 38.1 Å². The summed E-state index contributed by atoms with van der Waals surface area (Å²) in [5, 5.41) is 3.49. The Morgan fingerprint density at radius 2 is 1.91 bits per heavy atom. The molecule has 0 bridgehead atoms. The highest BCUT2D eigenvalue weighted by molar-refractivity contribution is 5.80. The Hall–Kier alpha value is -2.31. The van der Waals surface area contributed by atoms with Gasteiger partial charge in [-0.15, -0.1) is 0 Å². The van der Waals surface area contributed by atoms with Crippen molar-refractivity contribution in [2.24, 2.45) is 0 Å². The maximum Gasteiger partial charge on any atom is 0.435 e. The van der Waals surface area contributed by atoms with Gasteiger partial charge in [-0.05, 0) is 30.5 Å². The van der Waals surface area contributed by atoms with E-state index in [0.717, 1.165) is 22.7 Å². The summed E-state index contributed by atoms with van der Waals surface area (Å²) in [5.41, 5.74) is 1.31. The number of alkyl halides is 3. The van der Waals surface area contributed by atoms with E-state index in [-0.39, 0.29) is 5.91 Å². The number of halogens is 3. The summed E-state index contributed by atoms with van der Waals surface area (Å²) in [6, 6.07) is 7.99. The lowest BCUT2D eigenvalue weighted by molar-refractivity contribution is -0.142. The maximum atomic E-state index is 12.6. The molecule has 2 aromatic rings. The molecule has 7 heteroatoms. The van der Waals surface area contributed by atoms with Crippen LogP contribution in [0.5, 0.6) is 0 Å². The van der Waals surface area contributed by atoms with E-state index in [9.17, 15) is 18.0 Å². The predicted molar refractivity (Wildman–Crippen MR) is 77.5 cm³/mol. The third-order valence-electron chi connectivity index (χ3n) is 4.10. The molecule has 0 saturated carbocycles. The summed E-state index contributed by atoms with van der Waals surface area (Å²) < 4.78 is 38.9. The van der Waals surface area contributed by atoms with Gasteiger partial charge in [-0.3, -0.25) is 9.48 Å². The zero-order chi connectivity index (χ0) is 16.6. The van der Waals surface area contributed by atoms with Crippen molar-refractivity contribution in [3.05, 3.63) is 53.3 Å². The fraction of sp³-hybridized carbons (Fsp3) is 0.375. The van der Waals surface area contributed by atoms with E-state index in [2.05, 4.69) is 5.10 Å². The number of aromatic nitrogens is 2. The molecule has 122 valence electrons. The van der Waals surface area contributed by atoms with E-state index < -0.39 is 17.9 Å². The number of amides is 1. The molecule has 0 aliphatic carbocycles. The molecular weight excluding hydrogens is 307 g/mol. The molecule has 1 atom stereocenters. The van der Waals surface area contributed by atoms with Gasteiger partial charge in [-0.1, -0.05) is 24.3 Å². The molecule has 1 aliphatic rings. The summed E-state index contributed by atoms with van der Waals surface area (Å²) in [6.07, 6.45) is -2.55. The van der Waals surface area contributed by atoms with Crippen LogP contribution in [-0.4, -0.2) is 27.1 Å². The van der Waals surface area contributed by atoms with Crippen LogP contribution in [0.4, 0.5) is 13.2 Å². The van der Waals surface area contributed by atoms with Gasteiger partial charge in [0.15, 0.2) is 5.69 Å². The Morgan fingerprint density at radius 1 is 1.22 bits per heavy atom. The Morgan fingerprint density at radius 3 is 2.57 bits per heavy atom. The number of fused-ring (bicyclic) bond motifs is 1. The van der Waals surface area contributed by atoms with Gasteiger partial charge in [0.05, 0.1) is 0 Å². The van der Waals surface area contributed by atoms with Crippen molar-refractivity contribution in [3.8, 4) is 0 Å². The van der Waals surface area contributed by atoms with Crippen molar-refractivity contribution in [1.82, 2.24) is 14.7 Å². The lowest BCUT2D eigenvalue weighted by atomic mass is 9.99. The molecule has 0 N–H and O–H groups in total. The third kappa shape index (κ3) is 3.09. The zero-order valence-corrected chi connectivity index (χ0v) is 12.5. The van der Waals surface area contributed by atoms with Crippen molar-refractivity contribution < 1.29 is 18.0 Å². The van der Waals surface area contributed by atoms with Gasteiger partial charge in [-0.2, -0.15) is 18.3 Å². The minimum atomic E-state index is -4.50. The van der Waals surface area contributed by atoms with Crippen LogP contribution >= 0.6 is 0 Å². The average Bonchev–Trinajstić information content (AvgIpc) is 3.03. The highest BCUT2D eigenvalue weighted by atomic mass is 19.4. The van der Waals surface area contributed by atoms with Gasteiger partial charge in [0.2, 0.25) is 5.91 Å². The summed E-state index contributed by atoms with van der Waals surface area (Å²) in [6.45, 7) is 2.61. The van der Waals surface area contributed by atoms with E-state index in [0.29, 0.717) is 13.1 Å². The van der Waals surface area contributed by atoms with E-state index in [1.165, 1.54) is 11.8 Å². The normalized spacial score (nSPS) is 16.1. The first-order valence-electron chi connectivity index (χ1n) is 7.34. The molecule has 0 unspecified atom stereocenters. The van der Waals surface area contributed by atoms with Gasteiger partial charge in [0, 0.05) is 19.3 Å². The van der Waals surface area contributed by atoms with Crippen LogP contribution < -0.4 is 0 Å². The summed E-state index contributed by atoms with van der Waals surface area (Å²) in [7, 11) is 0. The second kappa shape index (κ2) is 5.72. The van der Waals surface area contributed by atoms with Crippen molar-refractivity contribution in [3.63, 3.8) is 0 Å². The Labute approximate surface area is 131 Å². The molecule has 0 radical (unpaired) electrons. The van der Waals surface area contributed by atoms with Crippen molar-refractivity contribution in [1.29, 1.82) is 0 Å². The van der Waals surface area contributed by atoms with Crippen LogP contribution in [0.15, 0.2) is 36.5 Å². The van der Waals surface area contributed by atoms with Crippen LogP contribution in [0.25, 0.3) is 0 Å². The molecule has 1 aromatic heterocycles. The number of hydrogen-bond donors (Lipinski definition) is 0. The SMILES string of the molecule is C[C@@H](C(=O)N1CCc2ccccc2C1)n1ccc(C(F)(F)F)n1. The van der Waals surface area contributed by atoms with E-state index in [1.54, 1.807) is 11.8 Å². The number of carbonyl (C=O) groups excluding carboxylic acids is 1. The number of carbonyl (C=O) groups is 1. The Balaban J connectivity index is 1.75. The largest absolute Gasteiger partial charge is 0.435 e. The molecule has 4 nitrogen and oxygen atoms in total. The average molecular weight is 323 g/mol. The molecule has 0 spiro atoms. The molecule has 0 fully saturated rings. The molecule has 0 saturated heterocycles. The van der Waals surface area contributed by atoms with Crippen LogP contribution in [0.1, 0.15) is 29.8 Å². The van der Waals surface area contributed by atoms with Gasteiger partial charge in [0.25, 0.3) is 0 Å². The fourth-order valence-corrected chi connectivity index (χ4v) is 2.77. The Kier molecular flexibility index (Phi) is 3.87. The Bertz CT molecular complexity index is 723. The standard InChI is InChI=1S/C16H16F3N3O/c1-11(22-9-7-14(20-22)16(17,18)19)15(23)21-8-6-12-4-2-3-5-13(12)10-21/h2-5,7,9,11H,6,8,10H2,1H3/t11-/m0/s1. The fourth-order valence-electron chi connectivity index (χ4n) is 2.77. The first-order chi connectivity index (χ1) is 10.9. The highest BCUT2D eigenvalue weighted by Crippen LogP contribution is 2.28. The van der Waals surface area contributed by atoms with E-state index >= 15 is 0 Å². The number of hydrogen-bond acceptors (Lipinski definition) is 2. The van der Waals surface area contributed by atoms with E-state index in [4.69, 9.17) is 0 Å². The first-order valence-corrected chi connectivity index (χ1v) is 7.34.